The Hall–Kier alpha value is -1.93. The van der Waals surface area contributed by atoms with Crippen LogP contribution in [0.1, 0.15) is 31.2 Å². The summed E-state index contributed by atoms with van der Waals surface area (Å²) < 4.78 is 1.88. The van der Waals surface area contributed by atoms with Crippen molar-refractivity contribution in [1.82, 2.24) is 9.38 Å². The molecule has 0 amide bonds. The molecule has 0 aliphatic rings. The number of rotatable bonds is 2. The maximum Gasteiger partial charge on any atom is 0.242 e. The summed E-state index contributed by atoms with van der Waals surface area (Å²) in [6.07, 6.45) is 1.60. The highest BCUT2D eigenvalue weighted by molar-refractivity contribution is 5.58. The molecule has 0 N–H and O–H groups in total. The lowest BCUT2D eigenvalue weighted by molar-refractivity contribution is 0.565. The van der Waals surface area contributed by atoms with Gasteiger partial charge in [-0.3, -0.25) is 4.40 Å². The van der Waals surface area contributed by atoms with Crippen LogP contribution in [0, 0.1) is 6.92 Å². The molecule has 0 aliphatic heterocycles. The number of aromatic nitrogens is 2. The van der Waals surface area contributed by atoms with Crippen molar-refractivity contribution < 1.29 is 4.79 Å². The minimum Gasteiger partial charge on any atom is -0.281 e. The van der Waals surface area contributed by atoms with Gasteiger partial charge in [-0.25, -0.2) is 9.78 Å². The molecule has 2 rings (SSSR count). The molecular formula is C12H13N3O. The van der Waals surface area contributed by atoms with Crippen molar-refractivity contribution in [3.05, 3.63) is 29.6 Å². The summed E-state index contributed by atoms with van der Waals surface area (Å²) in [5.41, 5.74) is 2.65. The molecule has 0 spiro atoms. The number of hydrogen-bond acceptors (Lipinski definition) is 3. The fourth-order valence-electron chi connectivity index (χ4n) is 1.79. The number of carbonyl (C=O) groups excluding carboxylic acids is 1. The van der Waals surface area contributed by atoms with Gasteiger partial charge in [-0.1, -0.05) is 19.9 Å². The van der Waals surface area contributed by atoms with Crippen LogP contribution in [0.25, 0.3) is 5.65 Å². The van der Waals surface area contributed by atoms with Crippen LogP contribution in [0.3, 0.4) is 0 Å². The normalized spacial score (nSPS) is 10.8. The van der Waals surface area contributed by atoms with Gasteiger partial charge in [-0.15, -0.1) is 4.99 Å². The minimum atomic E-state index is 0.228. The quantitative estimate of drug-likeness (QED) is 0.571. The standard InChI is InChI=1S/C12H13N3O/c1-8(2)11-12(13-7-16)15-9(3)5-4-6-10(15)14-11/h4-6,8H,1-3H3. The molecule has 0 aromatic carbocycles. The van der Waals surface area contributed by atoms with Gasteiger partial charge in [-0.05, 0) is 25.0 Å². The average Bonchev–Trinajstić information content (AvgIpc) is 2.59. The van der Waals surface area contributed by atoms with Crippen molar-refractivity contribution in [2.75, 3.05) is 0 Å². The lowest BCUT2D eigenvalue weighted by Gasteiger charge is -2.02. The number of pyridine rings is 1. The predicted octanol–water partition coefficient (Wildman–Crippen LogP) is 2.73. The smallest absolute Gasteiger partial charge is 0.242 e. The van der Waals surface area contributed by atoms with Crippen LogP contribution in [-0.2, 0) is 4.79 Å². The van der Waals surface area contributed by atoms with E-state index in [0.717, 1.165) is 17.0 Å². The van der Waals surface area contributed by atoms with Gasteiger partial charge in [0.05, 0.1) is 5.69 Å². The van der Waals surface area contributed by atoms with E-state index >= 15 is 0 Å². The Morgan fingerprint density at radius 1 is 1.44 bits per heavy atom. The maximum atomic E-state index is 10.5. The van der Waals surface area contributed by atoms with E-state index in [4.69, 9.17) is 0 Å². The second-order valence-corrected chi connectivity index (χ2v) is 4.04. The van der Waals surface area contributed by atoms with Crippen LogP contribution in [-0.4, -0.2) is 15.5 Å². The SMILES string of the molecule is Cc1cccc2nc(C(C)C)c(N=C=O)n12. The van der Waals surface area contributed by atoms with Crippen LogP contribution in [0.4, 0.5) is 5.82 Å². The van der Waals surface area contributed by atoms with Crippen molar-refractivity contribution in [3.63, 3.8) is 0 Å². The predicted molar refractivity (Wildman–Crippen MR) is 61.8 cm³/mol. The molecule has 0 bridgehead atoms. The van der Waals surface area contributed by atoms with Crippen molar-refractivity contribution in [3.8, 4) is 0 Å². The first kappa shape index (κ1) is 10.6. The van der Waals surface area contributed by atoms with Gasteiger partial charge in [0.15, 0.2) is 5.82 Å². The first-order valence-corrected chi connectivity index (χ1v) is 5.21. The van der Waals surface area contributed by atoms with Crippen molar-refractivity contribution in [1.29, 1.82) is 0 Å². The minimum absolute atomic E-state index is 0.228. The maximum absolute atomic E-state index is 10.5. The second kappa shape index (κ2) is 3.91. The van der Waals surface area contributed by atoms with Crippen LogP contribution in [0.2, 0.25) is 0 Å². The highest BCUT2D eigenvalue weighted by atomic mass is 16.1. The van der Waals surface area contributed by atoms with Gasteiger partial charge in [-0.2, -0.15) is 0 Å². The third-order valence-corrected chi connectivity index (χ3v) is 2.54. The van der Waals surface area contributed by atoms with E-state index in [1.54, 1.807) is 6.08 Å². The number of fused-ring (bicyclic) bond motifs is 1. The summed E-state index contributed by atoms with van der Waals surface area (Å²) in [4.78, 5) is 18.7. The number of aliphatic imine (C=N–C) groups is 1. The van der Waals surface area contributed by atoms with E-state index in [9.17, 15) is 4.79 Å². The van der Waals surface area contributed by atoms with Gasteiger partial charge in [0.1, 0.15) is 5.65 Å². The summed E-state index contributed by atoms with van der Waals surface area (Å²) in [6, 6.07) is 5.81. The third-order valence-electron chi connectivity index (χ3n) is 2.54. The number of imidazole rings is 1. The monoisotopic (exact) mass is 215 g/mol. The van der Waals surface area contributed by atoms with Crippen LogP contribution in [0.15, 0.2) is 23.2 Å². The van der Waals surface area contributed by atoms with Crippen LogP contribution < -0.4 is 0 Å². The Labute approximate surface area is 93.7 Å². The van der Waals surface area contributed by atoms with Crippen LogP contribution >= 0.6 is 0 Å². The highest BCUT2D eigenvalue weighted by Gasteiger charge is 2.15. The van der Waals surface area contributed by atoms with E-state index in [-0.39, 0.29) is 5.92 Å². The molecule has 4 heteroatoms. The Morgan fingerprint density at radius 2 is 2.19 bits per heavy atom. The fourth-order valence-corrected chi connectivity index (χ4v) is 1.79. The molecule has 0 fully saturated rings. The van der Waals surface area contributed by atoms with Gasteiger partial charge in [0, 0.05) is 5.69 Å². The first-order chi connectivity index (χ1) is 7.65. The van der Waals surface area contributed by atoms with Crippen molar-refractivity contribution in [2.24, 2.45) is 4.99 Å². The molecule has 82 valence electrons. The number of isocyanates is 1. The Kier molecular flexibility index (Phi) is 2.59. The molecule has 2 heterocycles. The summed E-state index contributed by atoms with van der Waals surface area (Å²) >= 11 is 0. The van der Waals surface area contributed by atoms with Gasteiger partial charge in [0.25, 0.3) is 0 Å². The lowest BCUT2D eigenvalue weighted by atomic mass is 10.1. The number of hydrogen-bond donors (Lipinski definition) is 0. The van der Waals surface area contributed by atoms with E-state index < -0.39 is 0 Å². The Balaban J connectivity index is 2.88. The topological polar surface area (TPSA) is 46.7 Å². The van der Waals surface area contributed by atoms with Gasteiger partial charge in [0.2, 0.25) is 6.08 Å². The summed E-state index contributed by atoms with van der Waals surface area (Å²) in [7, 11) is 0. The molecular weight excluding hydrogens is 202 g/mol. The number of aryl methyl sites for hydroxylation is 1. The summed E-state index contributed by atoms with van der Waals surface area (Å²) in [5.74, 6) is 0.824. The molecule has 0 atom stereocenters. The zero-order valence-electron chi connectivity index (χ0n) is 9.56. The first-order valence-electron chi connectivity index (χ1n) is 5.21. The molecule has 0 saturated heterocycles. The summed E-state index contributed by atoms with van der Waals surface area (Å²) in [6.45, 7) is 6.02. The highest BCUT2D eigenvalue weighted by Crippen LogP contribution is 2.28. The number of nitrogens with zero attached hydrogens (tertiary/aromatic N) is 3. The molecule has 2 aromatic rings. The Bertz CT molecular complexity index is 577. The summed E-state index contributed by atoms with van der Waals surface area (Å²) in [5, 5.41) is 0. The zero-order valence-corrected chi connectivity index (χ0v) is 9.56. The van der Waals surface area contributed by atoms with E-state index in [0.29, 0.717) is 5.82 Å². The molecule has 0 aliphatic carbocycles. The molecule has 0 unspecified atom stereocenters. The average molecular weight is 215 g/mol. The van der Waals surface area contributed by atoms with Crippen molar-refractivity contribution in [2.45, 2.75) is 26.7 Å². The van der Waals surface area contributed by atoms with E-state index in [1.165, 1.54) is 0 Å². The third kappa shape index (κ3) is 1.53. The zero-order chi connectivity index (χ0) is 11.7. The lowest BCUT2D eigenvalue weighted by Crippen LogP contribution is -1.90. The van der Waals surface area contributed by atoms with Crippen molar-refractivity contribution >= 4 is 17.5 Å². The fraction of sp³-hybridized carbons (Fsp3) is 0.333. The Morgan fingerprint density at radius 3 is 2.81 bits per heavy atom. The molecule has 0 radical (unpaired) electrons. The second-order valence-electron chi connectivity index (χ2n) is 4.04. The van der Waals surface area contributed by atoms with Gasteiger partial charge >= 0.3 is 0 Å². The molecule has 16 heavy (non-hydrogen) atoms. The molecule has 2 aromatic heterocycles. The van der Waals surface area contributed by atoms with E-state index in [1.807, 2.05) is 43.4 Å². The molecule has 4 nitrogen and oxygen atoms in total. The molecule has 0 saturated carbocycles. The van der Waals surface area contributed by atoms with E-state index in [2.05, 4.69) is 9.98 Å². The largest absolute Gasteiger partial charge is 0.281 e. The van der Waals surface area contributed by atoms with Crippen LogP contribution in [0.5, 0.6) is 0 Å². The van der Waals surface area contributed by atoms with Gasteiger partial charge < -0.3 is 0 Å².